The molecule has 9 nitrogen and oxygen atoms in total. The number of rotatable bonds is 6. The number of carbonyl (C=O) groups excluding carboxylic acids is 1. The molecule has 42 heavy (non-hydrogen) atoms. The maximum absolute atomic E-state index is 14.9. The van der Waals surface area contributed by atoms with Gasteiger partial charge in [0, 0.05) is 50.1 Å². The van der Waals surface area contributed by atoms with E-state index in [4.69, 9.17) is 14.7 Å². The predicted molar refractivity (Wildman–Crippen MR) is 156 cm³/mol. The van der Waals surface area contributed by atoms with Crippen LogP contribution in [-0.2, 0) is 13.0 Å². The van der Waals surface area contributed by atoms with E-state index in [0.717, 1.165) is 25.9 Å². The van der Waals surface area contributed by atoms with Gasteiger partial charge in [-0.15, -0.1) is 0 Å². The monoisotopic (exact) mass is 578 g/mol. The first-order valence-electron chi connectivity index (χ1n) is 14.9. The van der Waals surface area contributed by atoms with Crippen LogP contribution in [0.4, 0.5) is 20.3 Å². The normalized spacial score (nSPS) is 25.9. The maximum Gasteiger partial charge on any atom is 0.318 e. The van der Waals surface area contributed by atoms with Gasteiger partial charge in [0.1, 0.15) is 35.7 Å². The number of amides is 1. The first-order chi connectivity index (χ1) is 20.3. The number of hydrogen-bond donors (Lipinski definition) is 2. The Hall–Kier alpha value is -3.57. The lowest BCUT2D eigenvalue weighted by Crippen LogP contribution is -2.50. The van der Waals surface area contributed by atoms with E-state index in [0.29, 0.717) is 71.6 Å². The predicted octanol–water partition coefficient (Wildman–Crippen LogP) is 3.95. The molecule has 0 spiro atoms. The zero-order valence-electron chi connectivity index (χ0n) is 24.0. The molecule has 4 aliphatic heterocycles. The number of aromatic hydroxyl groups is 1. The Morgan fingerprint density at radius 3 is 2.88 bits per heavy atom. The van der Waals surface area contributed by atoms with Gasteiger partial charge in [-0.2, -0.15) is 9.97 Å². The van der Waals surface area contributed by atoms with E-state index >= 15 is 0 Å². The van der Waals surface area contributed by atoms with Gasteiger partial charge in [-0.3, -0.25) is 9.69 Å². The number of aromatic nitrogens is 2. The molecule has 0 aliphatic carbocycles. The lowest BCUT2D eigenvalue weighted by Gasteiger charge is -2.34. The highest BCUT2D eigenvalue weighted by atomic mass is 19.1. The summed E-state index contributed by atoms with van der Waals surface area (Å²) in [4.78, 5) is 29.5. The maximum atomic E-state index is 14.9. The van der Waals surface area contributed by atoms with Crippen molar-refractivity contribution < 1.29 is 23.4 Å². The van der Waals surface area contributed by atoms with Crippen LogP contribution >= 0.6 is 0 Å². The van der Waals surface area contributed by atoms with Crippen molar-refractivity contribution >= 4 is 28.2 Å². The summed E-state index contributed by atoms with van der Waals surface area (Å²) in [5.74, 6) is -0.149. The van der Waals surface area contributed by atoms with Crippen LogP contribution in [-0.4, -0.2) is 83.0 Å². The quantitative estimate of drug-likeness (QED) is 0.454. The van der Waals surface area contributed by atoms with Gasteiger partial charge >= 0.3 is 6.01 Å². The van der Waals surface area contributed by atoms with E-state index in [2.05, 4.69) is 22.0 Å². The van der Waals surface area contributed by atoms with Gasteiger partial charge in [0.15, 0.2) is 0 Å². The van der Waals surface area contributed by atoms with Gasteiger partial charge in [-0.05, 0) is 55.8 Å². The zero-order chi connectivity index (χ0) is 29.2. The van der Waals surface area contributed by atoms with Gasteiger partial charge in [-0.1, -0.05) is 13.0 Å². The summed E-state index contributed by atoms with van der Waals surface area (Å²) in [5, 5.41) is 15.3. The summed E-state index contributed by atoms with van der Waals surface area (Å²) in [6.07, 6.45) is 1.87. The minimum absolute atomic E-state index is 0.00992. The Morgan fingerprint density at radius 1 is 1.21 bits per heavy atom. The summed E-state index contributed by atoms with van der Waals surface area (Å²) >= 11 is 0. The number of hydrogen-bond acceptors (Lipinski definition) is 8. The van der Waals surface area contributed by atoms with Gasteiger partial charge in [0.2, 0.25) is 0 Å². The molecule has 222 valence electrons. The molecule has 4 aliphatic rings. The van der Waals surface area contributed by atoms with Crippen LogP contribution in [0.3, 0.4) is 0 Å². The van der Waals surface area contributed by atoms with E-state index in [1.54, 1.807) is 17.0 Å². The number of nitrogens with zero attached hydrogens (tertiary/aromatic N) is 5. The molecule has 0 saturated carbocycles. The van der Waals surface area contributed by atoms with Crippen molar-refractivity contribution in [1.82, 2.24) is 20.2 Å². The SMILES string of the molecule is CCc1c(F)ccc2cc(O)cc(N3Cc4nc(OCC56CCCN5CC(F)C6)nc(N5CCNC(C)C5)c4C3=O)c12. The molecule has 0 radical (unpaired) electrons. The molecule has 3 aromatic rings. The number of halogens is 2. The molecular weight excluding hydrogens is 542 g/mol. The smallest absolute Gasteiger partial charge is 0.318 e. The van der Waals surface area contributed by atoms with Crippen molar-refractivity contribution in [2.75, 3.05) is 49.1 Å². The number of alkyl halides is 1. The summed E-state index contributed by atoms with van der Waals surface area (Å²) in [7, 11) is 0. The number of phenolic OH excluding ortho intramolecular Hbond substituents is 1. The van der Waals surface area contributed by atoms with Crippen molar-refractivity contribution in [2.45, 2.75) is 63.8 Å². The van der Waals surface area contributed by atoms with Crippen LogP contribution in [0.1, 0.15) is 54.7 Å². The summed E-state index contributed by atoms with van der Waals surface area (Å²) in [5.41, 5.74) is 1.49. The second-order valence-corrected chi connectivity index (χ2v) is 12.2. The molecule has 3 saturated heterocycles. The standard InChI is InChI=1S/C31H36F2N6O3/c1-3-22-23(33)6-5-19-11-21(40)12-25(26(19)22)39-16-24-27(29(39)41)28(37-10-8-34-18(2)14-37)36-30(35-24)42-17-31-7-4-9-38(31)15-20(32)13-31/h5-6,11-12,18,20,34,40H,3-4,7-10,13-17H2,1-2H3. The van der Waals surface area contributed by atoms with Crippen LogP contribution in [0, 0.1) is 5.82 Å². The van der Waals surface area contributed by atoms with Crippen molar-refractivity contribution in [3.8, 4) is 11.8 Å². The molecular formula is C31H36F2N6O3. The lowest BCUT2D eigenvalue weighted by molar-refractivity contribution is 0.0996. The molecule has 11 heteroatoms. The minimum Gasteiger partial charge on any atom is -0.508 e. The van der Waals surface area contributed by atoms with E-state index in [1.165, 1.54) is 12.1 Å². The second kappa shape index (κ2) is 10.3. The molecule has 7 rings (SSSR count). The van der Waals surface area contributed by atoms with Crippen LogP contribution in [0.5, 0.6) is 11.8 Å². The van der Waals surface area contributed by atoms with Gasteiger partial charge in [-0.25, -0.2) is 8.78 Å². The van der Waals surface area contributed by atoms with Crippen molar-refractivity contribution in [2.24, 2.45) is 0 Å². The number of nitrogens with one attached hydrogen (secondary N) is 1. The largest absolute Gasteiger partial charge is 0.508 e. The summed E-state index contributed by atoms with van der Waals surface area (Å²) < 4.78 is 35.6. The Balaban J connectivity index is 1.29. The Bertz CT molecular complexity index is 1570. The molecule has 3 unspecified atom stereocenters. The highest BCUT2D eigenvalue weighted by Crippen LogP contribution is 2.42. The first-order valence-corrected chi connectivity index (χ1v) is 14.9. The highest BCUT2D eigenvalue weighted by molar-refractivity contribution is 6.16. The molecule has 3 fully saturated rings. The van der Waals surface area contributed by atoms with Gasteiger partial charge in [0.05, 0.1) is 23.5 Å². The molecule has 2 N–H and O–H groups in total. The van der Waals surface area contributed by atoms with Crippen molar-refractivity contribution in [3.63, 3.8) is 0 Å². The van der Waals surface area contributed by atoms with Gasteiger partial charge in [0.25, 0.3) is 5.91 Å². The topological polar surface area (TPSA) is 94.1 Å². The zero-order valence-corrected chi connectivity index (χ0v) is 24.0. The fourth-order valence-corrected chi connectivity index (χ4v) is 7.46. The van der Waals surface area contributed by atoms with Crippen molar-refractivity contribution in [1.29, 1.82) is 0 Å². The number of anilines is 2. The molecule has 2 aromatic carbocycles. The Morgan fingerprint density at radius 2 is 2.07 bits per heavy atom. The fraction of sp³-hybridized carbons (Fsp3) is 0.516. The Kier molecular flexibility index (Phi) is 6.69. The molecule has 0 bridgehead atoms. The molecule has 1 amide bonds. The average molecular weight is 579 g/mol. The fourth-order valence-electron chi connectivity index (χ4n) is 7.46. The average Bonchev–Trinajstić information content (AvgIpc) is 3.60. The number of phenols is 1. The van der Waals surface area contributed by atoms with Crippen molar-refractivity contribution in [3.05, 3.63) is 46.9 Å². The second-order valence-electron chi connectivity index (χ2n) is 12.2. The van der Waals surface area contributed by atoms with Gasteiger partial charge < -0.3 is 25.0 Å². The number of benzene rings is 2. The number of fused-ring (bicyclic) bond motifs is 3. The minimum atomic E-state index is -0.867. The van der Waals surface area contributed by atoms with Crippen LogP contribution in [0.2, 0.25) is 0 Å². The number of ether oxygens (including phenoxy) is 1. The summed E-state index contributed by atoms with van der Waals surface area (Å²) in [6, 6.07) is 6.48. The van der Waals surface area contributed by atoms with Crippen LogP contribution in [0.25, 0.3) is 10.8 Å². The number of carbonyl (C=O) groups is 1. The van der Waals surface area contributed by atoms with Crippen LogP contribution < -0.4 is 19.9 Å². The van der Waals surface area contributed by atoms with E-state index < -0.39 is 6.17 Å². The summed E-state index contributed by atoms with van der Waals surface area (Å²) in [6.45, 7) is 7.70. The third-order valence-corrected chi connectivity index (χ3v) is 9.39. The van der Waals surface area contributed by atoms with E-state index in [1.807, 2.05) is 6.92 Å². The number of aryl methyl sites for hydroxylation is 1. The highest BCUT2D eigenvalue weighted by Gasteiger charge is 2.49. The molecule has 1 aromatic heterocycles. The molecule has 3 atom stereocenters. The number of piperazine rings is 1. The Labute approximate surface area is 243 Å². The van der Waals surface area contributed by atoms with E-state index in [-0.39, 0.29) is 48.2 Å². The third-order valence-electron chi connectivity index (χ3n) is 9.39. The van der Waals surface area contributed by atoms with E-state index in [9.17, 15) is 18.7 Å². The first kappa shape index (κ1) is 27.3. The van der Waals surface area contributed by atoms with Crippen LogP contribution in [0.15, 0.2) is 24.3 Å². The third kappa shape index (κ3) is 4.44. The lowest BCUT2D eigenvalue weighted by atomic mass is 9.95. The molecule has 5 heterocycles.